The summed E-state index contributed by atoms with van der Waals surface area (Å²) in [5.41, 5.74) is 0.871. The molecule has 0 saturated heterocycles. The highest BCUT2D eigenvalue weighted by atomic mass is 32.2. The fourth-order valence-corrected chi connectivity index (χ4v) is 5.37. The van der Waals surface area contributed by atoms with Crippen LogP contribution in [0.2, 0.25) is 0 Å². The van der Waals surface area contributed by atoms with Crippen molar-refractivity contribution < 1.29 is 22.4 Å². The van der Waals surface area contributed by atoms with E-state index >= 15 is 0 Å². The number of para-hydroxylation sites is 1. The van der Waals surface area contributed by atoms with Crippen molar-refractivity contribution in [3.05, 3.63) is 54.1 Å². The van der Waals surface area contributed by atoms with Crippen LogP contribution in [0.3, 0.4) is 0 Å². The Morgan fingerprint density at radius 3 is 2.45 bits per heavy atom. The van der Waals surface area contributed by atoms with Gasteiger partial charge in [0.2, 0.25) is 10.0 Å². The zero-order chi connectivity index (χ0) is 23.4. The molecular weight excluding hydrogens is 444 g/mol. The molecule has 0 radical (unpaired) electrons. The Balaban J connectivity index is 1.45. The molecule has 0 spiro atoms. The lowest BCUT2D eigenvalue weighted by Gasteiger charge is -2.30. The fraction of sp³-hybridized carbons (Fsp3) is 0.348. The average Bonchev–Trinajstić information content (AvgIpc) is 3.32. The predicted molar refractivity (Wildman–Crippen MR) is 123 cm³/mol. The topological polar surface area (TPSA) is 115 Å². The summed E-state index contributed by atoms with van der Waals surface area (Å²) in [5, 5.41) is 10.4. The number of nitrogens with zero attached hydrogens (tertiary/aromatic N) is 3. The first kappa shape index (κ1) is 22.9. The van der Waals surface area contributed by atoms with Crippen LogP contribution < -0.4 is 10.1 Å². The van der Waals surface area contributed by atoms with Gasteiger partial charge in [-0.25, -0.2) is 8.42 Å². The van der Waals surface area contributed by atoms with Gasteiger partial charge < -0.3 is 9.15 Å². The van der Waals surface area contributed by atoms with Gasteiger partial charge in [-0.2, -0.15) is 4.31 Å². The number of benzene rings is 2. The summed E-state index contributed by atoms with van der Waals surface area (Å²) in [4.78, 5) is 12.8. The lowest BCUT2D eigenvalue weighted by Crippen LogP contribution is -2.38. The summed E-state index contributed by atoms with van der Waals surface area (Å²) in [7, 11) is -0.463. The third-order valence-electron chi connectivity index (χ3n) is 5.87. The molecule has 1 saturated carbocycles. The maximum Gasteiger partial charge on any atom is 0.322 e. The predicted octanol–water partition coefficient (Wildman–Crippen LogP) is 3.95. The highest BCUT2D eigenvalue weighted by Gasteiger charge is 2.29. The highest BCUT2D eigenvalue weighted by molar-refractivity contribution is 7.89. The summed E-state index contributed by atoms with van der Waals surface area (Å²) >= 11 is 0. The van der Waals surface area contributed by atoms with E-state index in [9.17, 15) is 13.2 Å². The zero-order valence-corrected chi connectivity index (χ0v) is 19.3. The van der Waals surface area contributed by atoms with Crippen LogP contribution in [0.1, 0.15) is 42.5 Å². The molecule has 33 heavy (non-hydrogen) atoms. The largest absolute Gasteiger partial charge is 0.496 e. The summed E-state index contributed by atoms with van der Waals surface area (Å²) in [6.07, 6.45) is 4.97. The molecule has 9 nitrogen and oxygen atoms in total. The van der Waals surface area contributed by atoms with Crippen LogP contribution in [-0.2, 0) is 10.0 Å². The zero-order valence-electron chi connectivity index (χ0n) is 18.5. The minimum Gasteiger partial charge on any atom is -0.496 e. The Bertz CT molecular complexity index is 1220. The molecular formula is C23H26N4O5S. The molecule has 1 heterocycles. The van der Waals surface area contributed by atoms with Crippen molar-refractivity contribution in [2.45, 2.75) is 43.0 Å². The molecule has 4 rings (SSSR count). The van der Waals surface area contributed by atoms with Gasteiger partial charge in [0, 0.05) is 18.7 Å². The SMILES string of the molecule is COc1ccccc1-c1nnc(NC(=O)c2ccc(S(=O)(=O)N(C)C3CCCCC3)cc2)o1. The van der Waals surface area contributed by atoms with E-state index in [1.165, 1.54) is 35.7 Å². The smallest absolute Gasteiger partial charge is 0.322 e. The molecule has 1 N–H and O–H groups in total. The number of amides is 1. The lowest BCUT2D eigenvalue weighted by atomic mass is 9.96. The van der Waals surface area contributed by atoms with Gasteiger partial charge in [-0.05, 0) is 49.2 Å². The number of methoxy groups -OCH3 is 1. The van der Waals surface area contributed by atoms with Crippen LogP contribution in [0, 0.1) is 0 Å². The number of ether oxygens (including phenoxy) is 1. The van der Waals surface area contributed by atoms with Crippen molar-refractivity contribution in [3.8, 4) is 17.2 Å². The number of anilines is 1. The van der Waals surface area contributed by atoms with Gasteiger partial charge in [0.15, 0.2) is 0 Å². The van der Waals surface area contributed by atoms with E-state index in [0.717, 1.165) is 32.1 Å². The molecule has 1 amide bonds. The lowest BCUT2D eigenvalue weighted by molar-refractivity contribution is 0.102. The molecule has 0 atom stereocenters. The number of rotatable bonds is 7. The number of hydrogen-bond donors (Lipinski definition) is 1. The van der Waals surface area contributed by atoms with Crippen LogP contribution >= 0.6 is 0 Å². The van der Waals surface area contributed by atoms with Crippen LogP contribution in [0.4, 0.5) is 6.01 Å². The number of carbonyl (C=O) groups is 1. The molecule has 1 aliphatic carbocycles. The second-order valence-corrected chi connectivity index (χ2v) is 9.90. The van der Waals surface area contributed by atoms with Gasteiger partial charge >= 0.3 is 6.01 Å². The fourth-order valence-electron chi connectivity index (χ4n) is 3.96. The number of hydrogen-bond acceptors (Lipinski definition) is 7. The quantitative estimate of drug-likeness (QED) is 0.556. The summed E-state index contributed by atoms with van der Waals surface area (Å²) < 4.78 is 38.2. The summed E-state index contributed by atoms with van der Waals surface area (Å²) in [6, 6.07) is 12.9. The average molecular weight is 471 g/mol. The molecule has 1 aromatic heterocycles. The molecule has 174 valence electrons. The van der Waals surface area contributed by atoms with Crippen molar-refractivity contribution in [2.24, 2.45) is 0 Å². The van der Waals surface area contributed by atoms with Crippen LogP contribution in [0.25, 0.3) is 11.5 Å². The maximum absolute atomic E-state index is 13.0. The van der Waals surface area contributed by atoms with Crippen molar-refractivity contribution in [2.75, 3.05) is 19.5 Å². The van der Waals surface area contributed by atoms with E-state index in [4.69, 9.17) is 9.15 Å². The van der Waals surface area contributed by atoms with E-state index < -0.39 is 15.9 Å². The van der Waals surface area contributed by atoms with E-state index in [1.807, 2.05) is 12.1 Å². The summed E-state index contributed by atoms with van der Waals surface area (Å²) in [6.45, 7) is 0. The second kappa shape index (κ2) is 9.72. The molecule has 1 aliphatic rings. The maximum atomic E-state index is 13.0. The first-order valence-corrected chi connectivity index (χ1v) is 12.2. The third-order valence-corrected chi connectivity index (χ3v) is 7.79. The number of aromatic nitrogens is 2. The first-order chi connectivity index (χ1) is 15.9. The van der Waals surface area contributed by atoms with E-state index in [2.05, 4.69) is 15.5 Å². The monoisotopic (exact) mass is 470 g/mol. The molecule has 0 aliphatic heterocycles. The third kappa shape index (κ3) is 4.91. The van der Waals surface area contributed by atoms with Gasteiger partial charge in [0.1, 0.15) is 5.75 Å². The number of carbonyl (C=O) groups excluding carboxylic acids is 1. The van der Waals surface area contributed by atoms with Gasteiger partial charge in [-0.1, -0.05) is 36.5 Å². The van der Waals surface area contributed by atoms with E-state index in [0.29, 0.717) is 11.3 Å². The molecule has 0 bridgehead atoms. The van der Waals surface area contributed by atoms with Crippen molar-refractivity contribution in [3.63, 3.8) is 0 Å². The molecule has 2 aromatic carbocycles. The van der Waals surface area contributed by atoms with Crippen molar-refractivity contribution in [1.29, 1.82) is 0 Å². The summed E-state index contributed by atoms with van der Waals surface area (Å²) in [5.74, 6) is 0.277. The van der Waals surface area contributed by atoms with Gasteiger partial charge in [-0.15, -0.1) is 5.10 Å². The Morgan fingerprint density at radius 2 is 1.76 bits per heavy atom. The Morgan fingerprint density at radius 1 is 1.06 bits per heavy atom. The normalized spacial score (nSPS) is 14.9. The van der Waals surface area contributed by atoms with Crippen LogP contribution in [0.5, 0.6) is 5.75 Å². The van der Waals surface area contributed by atoms with Gasteiger partial charge in [0.25, 0.3) is 11.8 Å². The Hall–Kier alpha value is -3.24. The second-order valence-electron chi connectivity index (χ2n) is 7.90. The van der Waals surface area contributed by atoms with Gasteiger partial charge in [0.05, 0.1) is 17.6 Å². The van der Waals surface area contributed by atoms with Gasteiger partial charge in [-0.3, -0.25) is 10.1 Å². The Kier molecular flexibility index (Phi) is 6.75. The minimum absolute atomic E-state index is 0.0155. The number of nitrogens with one attached hydrogen (secondary N) is 1. The molecule has 1 fully saturated rings. The molecule has 0 unspecified atom stereocenters. The van der Waals surface area contributed by atoms with Crippen molar-refractivity contribution >= 4 is 21.9 Å². The van der Waals surface area contributed by atoms with Crippen LogP contribution in [0.15, 0.2) is 57.8 Å². The molecule has 10 heteroatoms. The Labute approximate surface area is 192 Å². The van der Waals surface area contributed by atoms with E-state index in [-0.39, 0.29) is 28.4 Å². The standard InChI is InChI=1S/C23H26N4O5S/c1-27(17-8-4-3-5-9-17)33(29,30)18-14-12-16(13-15-18)21(28)24-23-26-25-22(32-23)19-10-6-7-11-20(19)31-2/h6-7,10-15,17H,3-5,8-9H2,1-2H3,(H,24,26,28). The van der Waals surface area contributed by atoms with Crippen molar-refractivity contribution in [1.82, 2.24) is 14.5 Å². The van der Waals surface area contributed by atoms with E-state index in [1.54, 1.807) is 19.2 Å². The first-order valence-electron chi connectivity index (χ1n) is 10.8. The molecule has 3 aromatic rings. The highest BCUT2D eigenvalue weighted by Crippen LogP contribution is 2.29. The number of sulfonamides is 1. The van der Waals surface area contributed by atoms with Crippen LogP contribution in [-0.4, -0.2) is 49.0 Å². The minimum atomic E-state index is -3.62.